The van der Waals surface area contributed by atoms with E-state index in [1.807, 2.05) is 52.9 Å². The minimum absolute atomic E-state index is 0.0447. The van der Waals surface area contributed by atoms with Crippen LogP contribution in [0.2, 0.25) is 0 Å². The molecule has 2 heterocycles. The fourth-order valence-corrected chi connectivity index (χ4v) is 4.50. The molecule has 0 amide bonds. The van der Waals surface area contributed by atoms with E-state index in [0.717, 1.165) is 5.75 Å². The summed E-state index contributed by atoms with van der Waals surface area (Å²) >= 11 is 1.28. The van der Waals surface area contributed by atoms with Crippen LogP contribution in [0.4, 0.5) is 0 Å². The molecule has 8 heteroatoms. The largest absolute Gasteiger partial charge is 0.457 e. The van der Waals surface area contributed by atoms with Crippen molar-refractivity contribution in [2.75, 3.05) is 5.75 Å². The second-order valence-electron chi connectivity index (χ2n) is 7.49. The first-order valence-corrected chi connectivity index (χ1v) is 11.6. The summed E-state index contributed by atoms with van der Waals surface area (Å²) in [7, 11) is 0. The minimum Gasteiger partial charge on any atom is -0.457 e. The molecule has 5 rings (SSSR count). The molecule has 5 aromatic rings. The lowest BCUT2D eigenvalue weighted by atomic mass is 10.1. The molecule has 168 valence electrons. The number of hydrogen-bond donors (Lipinski definition) is 0. The summed E-state index contributed by atoms with van der Waals surface area (Å²) in [5, 5.41) is 9.59. The van der Waals surface area contributed by atoms with Crippen LogP contribution in [0.15, 0.2) is 101 Å². The lowest BCUT2D eigenvalue weighted by molar-refractivity contribution is 0.102. The maximum atomic E-state index is 12.9. The molecule has 0 aliphatic rings. The molecule has 0 N–H and O–H groups in total. The van der Waals surface area contributed by atoms with Gasteiger partial charge in [0.05, 0.1) is 16.7 Å². The van der Waals surface area contributed by atoms with E-state index < -0.39 is 0 Å². The maximum Gasteiger partial charge on any atom is 0.263 e. The first-order chi connectivity index (χ1) is 16.7. The number of thioether (sulfide) groups is 1. The van der Waals surface area contributed by atoms with Gasteiger partial charge >= 0.3 is 0 Å². The second-order valence-corrected chi connectivity index (χ2v) is 8.43. The van der Waals surface area contributed by atoms with Crippen LogP contribution >= 0.6 is 11.8 Å². The lowest BCUT2D eigenvalue weighted by Gasteiger charge is -2.09. The van der Waals surface area contributed by atoms with Gasteiger partial charge in [-0.15, -0.1) is 16.8 Å². The molecule has 7 nitrogen and oxygen atoms in total. The van der Waals surface area contributed by atoms with E-state index in [9.17, 15) is 9.59 Å². The van der Waals surface area contributed by atoms with Crippen LogP contribution in [0.5, 0.6) is 11.5 Å². The Balaban J connectivity index is 1.38. The quantitative estimate of drug-likeness (QED) is 0.181. The van der Waals surface area contributed by atoms with E-state index in [1.165, 1.54) is 16.3 Å². The van der Waals surface area contributed by atoms with Crippen molar-refractivity contribution in [2.24, 2.45) is 0 Å². The topological polar surface area (TPSA) is 78.5 Å². The summed E-state index contributed by atoms with van der Waals surface area (Å²) in [6, 6.07) is 23.8. The standard InChI is InChI=1S/C26H20N4O3S/c1-2-16-29-24(32)21-10-6-7-11-22(21)30-25(29)27-28-26(30)34-17-23(31)18-12-14-20(15-13-18)33-19-8-4-3-5-9-19/h2-15H,1,16-17H2. The van der Waals surface area contributed by atoms with Gasteiger partial charge in [0.1, 0.15) is 11.5 Å². The third kappa shape index (κ3) is 4.11. The number of fused-ring (bicyclic) bond motifs is 3. The van der Waals surface area contributed by atoms with Gasteiger partial charge in [0.25, 0.3) is 5.56 Å². The molecule has 0 unspecified atom stereocenters. The number of aromatic nitrogens is 4. The summed E-state index contributed by atoms with van der Waals surface area (Å²) in [6.45, 7) is 4.05. The van der Waals surface area contributed by atoms with E-state index in [-0.39, 0.29) is 17.1 Å². The summed E-state index contributed by atoms with van der Waals surface area (Å²) in [5.74, 6) is 1.94. The number of Topliss-reactive ketones (excluding diaryl/α,β-unsaturated/α-hetero) is 1. The van der Waals surface area contributed by atoms with Gasteiger partial charge in [-0.2, -0.15) is 0 Å². The first kappa shape index (κ1) is 21.7. The van der Waals surface area contributed by atoms with Crippen molar-refractivity contribution in [3.63, 3.8) is 0 Å². The predicted molar refractivity (Wildman–Crippen MR) is 133 cm³/mol. The average molecular weight is 469 g/mol. The first-order valence-electron chi connectivity index (χ1n) is 10.6. The molecule has 0 spiro atoms. The Labute approximate surface area is 199 Å². The smallest absolute Gasteiger partial charge is 0.263 e. The molecule has 0 saturated heterocycles. The van der Waals surface area contributed by atoms with E-state index in [1.54, 1.807) is 36.4 Å². The normalized spacial score (nSPS) is 11.1. The summed E-state index contributed by atoms with van der Waals surface area (Å²) < 4.78 is 9.13. The third-order valence-electron chi connectivity index (χ3n) is 5.28. The van der Waals surface area contributed by atoms with Crippen LogP contribution in [0.3, 0.4) is 0 Å². The van der Waals surface area contributed by atoms with Crippen molar-refractivity contribution in [3.05, 3.63) is 107 Å². The van der Waals surface area contributed by atoms with Crippen LogP contribution < -0.4 is 10.3 Å². The Morgan fingerprint density at radius 2 is 1.65 bits per heavy atom. The molecule has 0 aliphatic heterocycles. The van der Waals surface area contributed by atoms with Gasteiger partial charge in [-0.3, -0.25) is 18.6 Å². The van der Waals surface area contributed by atoms with Gasteiger partial charge in [0.2, 0.25) is 5.78 Å². The minimum atomic E-state index is -0.152. The van der Waals surface area contributed by atoms with Crippen molar-refractivity contribution in [1.29, 1.82) is 0 Å². The number of hydrogen-bond acceptors (Lipinski definition) is 6. The van der Waals surface area contributed by atoms with Crippen molar-refractivity contribution < 1.29 is 9.53 Å². The lowest BCUT2D eigenvalue weighted by Crippen LogP contribution is -2.22. The van der Waals surface area contributed by atoms with Gasteiger partial charge in [-0.25, -0.2) is 0 Å². The highest BCUT2D eigenvalue weighted by atomic mass is 32.2. The van der Waals surface area contributed by atoms with Gasteiger partial charge in [-0.05, 0) is 48.5 Å². The molecule has 3 aromatic carbocycles. The van der Waals surface area contributed by atoms with Gasteiger partial charge in [0, 0.05) is 12.1 Å². The Bertz CT molecular complexity index is 1560. The number of carbonyl (C=O) groups excluding carboxylic acids is 1. The van der Waals surface area contributed by atoms with Crippen molar-refractivity contribution >= 4 is 34.2 Å². The third-order valence-corrected chi connectivity index (χ3v) is 6.21. The molecule has 0 saturated carbocycles. The number of rotatable bonds is 8. The summed E-state index contributed by atoms with van der Waals surface area (Å²) in [4.78, 5) is 25.7. The van der Waals surface area contributed by atoms with Gasteiger partial charge in [-0.1, -0.05) is 48.2 Å². The monoisotopic (exact) mass is 468 g/mol. The molecule has 34 heavy (non-hydrogen) atoms. The molecule has 0 atom stereocenters. The van der Waals surface area contributed by atoms with E-state index in [4.69, 9.17) is 4.74 Å². The van der Waals surface area contributed by atoms with E-state index in [2.05, 4.69) is 16.8 Å². The maximum absolute atomic E-state index is 12.9. The van der Waals surface area contributed by atoms with Crippen LogP contribution in [-0.4, -0.2) is 30.7 Å². The molecular weight excluding hydrogens is 448 g/mol. The number of carbonyl (C=O) groups is 1. The Morgan fingerprint density at radius 3 is 2.41 bits per heavy atom. The molecule has 0 radical (unpaired) electrons. The highest BCUT2D eigenvalue weighted by Gasteiger charge is 2.17. The van der Waals surface area contributed by atoms with Crippen molar-refractivity contribution in [3.8, 4) is 11.5 Å². The van der Waals surface area contributed by atoms with Crippen LogP contribution in [0.1, 0.15) is 10.4 Å². The zero-order valence-corrected chi connectivity index (χ0v) is 18.9. The average Bonchev–Trinajstić information content (AvgIpc) is 3.30. The Hall–Kier alpha value is -4.17. The number of nitrogens with zero attached hydrogens (tertiary/aromatic N) is 4. The Kier molecular flexibility index (Phi) is 5.97. The highest BCUT2D eigenvalue weighted by molar-refractivity contribution is 7.99. The van der Waals surface area contributed by atoms with Gasteiger partial charge in [0.15, 0.2) is 10.9 Å². The SMILES string of the molecule is C=CCn1c(=O)c2ccccc2n2c(SCC(=O)c3ccc(Oc4ccccc4)cc3)nnc12. The highest BCUT2D eigenvalue weighted by Crippen LogP contribution is 2.24. The predicted octanol–water partition coefficient (Wildman–Crippen LogP) is 5.00. The fraction of sp³-hybridized carbons (Fsp3) is 0.0769. The molecule has 2 aromatic heterocycles. The van der Waals surface area contributed by atoms with Crippen LogP contribution in [0, 0.1) is 0 Å². The molecule has 0 aliphatic carbocycles. The Morgan fingerprint density at radius 1 is 0.941 bits per heavy atom. The van der Waals surface area contributed by atoms with Crippen LogP contribution in [0.25, 0.3) is 16.7 Å². The van der Waals surface area contributed by atoms with Crippen molar-refractivity contribution in [1.82, 2.24) is 19.2 Å². The zero-order chi connectivity index (χ0) is 23.5. The summed E-state index contributed by atoms with van der Waals surface area (Å²) in [6.07, 6.45) is 1.65. The van der Waals surface area contributed by atoms with E-state index >= 15 is 0 Å². The summed E-state index contributed by atoms with van der Waals surface area (Å²) in [5.41, 5.74) is 1.13. The fourth-order valence-electron chi connectivity index (χ4n) is 3.67. The number of ether oxygens (including phenoxy) is 1. The molecule has 0 fully saturated rings. The number of benzene rings is 3. The molecular formula is C26H20N4O3S. The van der Waals surface area contributed by atoms with E-state index in [0.29, 0.717) is 39.7 Å². The number of para-hydroxylation sites is 2. The van der Waals surface area contributed by atoms with Crippen molar-refractivity contribution in [2.45, 2.75) is 11.7 Å². The van der Waals surface area contributed by atoms with Crippen LogP contribution in [-0.2, 0) is 6.54 Å². The number of ketones is 1. The molecule has 0 bridgehead atoms. The number of allylic oxidation sites excluding steroid dienone is 1. The second kappa shape index (κ2) is 9.36. The van der Waals surface area contributed by atoms with Gasteiger partial charge < -0.3 is 4.74 Å². The zero-order valence-electron chi connectivity index (χ0n) is 18.1.